The monoisotopic (exact) mass is 271 g/mol. The molecular formula is C11H14ClN3OS. The zero-order chi connectivity index (χ0) is 12.3. The molecule has 4 nitrogen and oxygen atoms in total. The van der Waals surface area contributed by atoms with E-state index in [1.54, 1.807) is 0 Å². The van der Waals surface area contributed by atoms with Crippen molar-refractivity contribution in [2.24, 2.45) is 0 Å². The molecule has 0 aliphatic heterocycles. The van der Waals surface area contributed by atoms with Crippen LogP contribution < -0.4 is 5.32 Å². The Morgan fingerprint density at radius 2 is 2.18 bits per heavy atom. The average Bonchev–Trinajstić information content (AvgIpc) is 2.54. The summed E-state index contributed by atoms with van der Waals surface area (Å²) in [6.07, 6.45) is 4.76. The molecule has 2 N–H and O–H groups in total. The van der Waals surface area contributed by atoms with E-state index < -0.39 is 0 Å². The normalized spacial score (nSPS) is 25.0. The summed E-state index contributed by atoms with van der Waals surface area (Å²) in [4.78, 5) is 4.49. The van der Waals surface area contributed by atoms with Crippen molar-refractivity contribution in [3.8, 4) is 6.07 Å². The molecule has 0 radical (unpaired) electrons. The van der Waals surface area contributed by atoms with Crippen molar-refractivity contribution in [2.75, 3.05) is 5.32 Å². The molecule has 0 amide bonds. The Morgan fingerprint density at radius 1 is 1.41 bits per heavy atom. The van der Waals surface area contributed by atoms with Gasteiger partial charge in [-0.2, -0.15) is 5.26 Å². The SMILES string of the molecule is N#Cc1sc(NC2CCCCCC2O)nc1Cl. The number of hydrogen-bond acceptors (Lipinski definition) is 5. The second-order valence-corrected chi connectivity index (χ2v) is 5.56. The van der Waals surface area contributed by atoms with E-state index in [0.29, 0.717) is 10.0 Å². The van der Waals surface area contributed by atoms with Crippen LogP contribution in [0.3, 0.4) is 0 Å². The maximum atomic E-state index is 9.96. The molecule has 2 atom stereocenters. The minimum Gasteiger partial charge on any atom is -0.391 e. The topological polar surface area (TPSA) is 68.9 Å². The molecule has 0 aromatic carbocycles. The van der Waals surface area contributed by atoms with Crippen molar-refractivity contribution in [1.82, 2.24) is 4.98 Å². The van der Waals surface area contributed by atoms with Gasteiger partial charge in [0.15, 0.2) is 10.3 Å². The lowest BCUT2D eigenvalue weighted by Gasteiger charge is -2.20. The van der Waals surface area contributed by atoms with Gasteiger partial charge < -0.3 is 10.4 Å². The van der Waals surface area contributed by atoms with Crippen LogP contribution in [0.15, 0.2) is 0 Å². The van der Waals surface area contributed by atoms with Crippen molar-refractivity contribution in [2.45, 2.75) is 44.2 Å². The third kappa shape index (κ3) is 3.09. The molecule has 1 aliphatic rings. The van der Waals surface area contributed by atoms with Crippen molar-refractivity contribution in [3.05, 3.63) is 10.0 Å². The molecule has 1 saturated carbocycles. The van der Waals surface area contributed by atoms with Gasteiger partial charge in [0, 0.05) is 0 Å². The molecule has 1 aliphatic carbocycles. The number of nitrogens with one attached hydrogen (secondary N) is 1. The molecule has 6 heteroatoms. The van der Waals surface area contributed by atoms with Gasteiger partial charge >= 0.3 is 0 Å². The van der Waals surface area contributed by atoms with Crippen molar-refractivity contribution >= 4 is 28.1 Å². The third-order valence-corrected chi connectivity index (χ3v) is 4.25. The van der Waals surface area contributed by atoms with Crippen LogP contribution >= 0.6 is 22.9 Å². The standard InChI is InChI=1S/C11H14ClN3OS/c12-10-9(6-13)17-11(15-10)14-7-4-2-1-3-5-8(7)16/h7-8,16H,1-5H2,(H,14,15). The van der Waals surface area contributed by atoms with Gasteiger partial charge in [-0.15, -0.1) is 0 Å². The van der Waals surface area contributed by atoms with Gasteiger partial charge in [0.1, 0.15) is 10.9 Å². The van der Waals surface area contributed by atoms with E-state index in [0.717, 1.165) is 32.1 Å². The first-order chi connectivity index (χ1) is 8.20. The van der Waals surface area contributed by atoms with Crippen molar-refractivity contribution in [3.63, 3.8) is 0 Å². The summed E-state index contributed by atoms with van der Waals surface area (Å²) in [5.74, 6) is 0. The van der Waals surface area contributed by atoms with Crippen LogP contribution in [0, 0.1) is 11.3 Å². The number of rotatable bonds is 2. The van der Waals surface area contributed by atoms with Gasteiger partial charge in [-0.25, -0.2) is 4.98 Å². The maximum Gasteiger partial charge on any atom is 0.185 e. The molecule has 1 fully saturated rings. The van der Waals surface area contributed by atoms with E-state index in [-0.39, 0.29) is 17.3 Å². The first kappa shape index (κ1) is 12.6. The number of aliphatic hydroxyl groups is 1. The van der Waals surface area contributed by atoms with Gasteiger partial charge in [0.2, 0.25) is 0 Å². The lowest BCUT2D eigenvalue weighted by molar-refractivity contribution is 0.144. The average molecular weight is 272 g/mol. The molecule has 17 heavy (non-hydrogen) atoms. The number of aliphatic hydroxyl groups excluding tert-OH is 1. The zero-order valence-corrected chi connectivity index (χ0v) is 10.9. The fourth-order valence-electron chi connectivity index (χ4n) is 2.05. The minimum absolute atomic E-state index is 0.0197. The zero-order valence-electron chi connectivity index (χ0n) is 9.32. The van der Waals surface area contributed by atoms with Gasteiger partial charge in [-0.1, -0.05) is 42.2 Å². The smallest absolute Gasteiger partial charge is 0.185 e. The molecule has 2 rings (SSSR count). The first-order valence-corrected chi connectivity index (χ1v) is 6.91. The quantitative estimate of drug-likeness (QED) is 0.812. The Labute approximate surface area is 109 Å². The third-order valence-electron chi connectivity index (χ3n) is 2.98. The van der Waals surface area contributed by atoms with E-state index in [1.807, 2.05) is 6.07 Å². The van der Waals surface area contributed by atoms with Crippen LogP contribution in [0.1, 0.15) is 37.0 Å². The van der Waals surface area contributed by atoms with Crippen LogP contribution in [0.2, 0.25) is 5.15 Å². The first-order valence-electron chi connectivity index (χ1n) is 5.71. The fourth-order valence-corrected chi connectivity index (χ4v) is 3.06. The molecule has 0 spiro atoms. The molecule has 1 aromatic heterocycles. The summed E-state index contributed by atoms with van der Waals surface area (Å²) in [6, 6.07) is 2.02. The lowest BCUT2D eigenvalue weighted by Crippen LogP contribution is -2.32. The molecule has 1 aromatic rings. The predicted molar refractivity (Wildman–Crippen MR) is 68.3 cm³/mol. The summed E-state index contributed by atoms with van der Waals surface area (Å²) in [5, 5.41) is 22.8. The largest absolute Gasteiger partial charge is 0.391 e. The summed E-state index contributed by atoms with van der Waals surface area (Å²) in [5.41, 5.74) is 0. The van der Waals surface area contributed by atoms with E-state index in [2.05, 4.69) is 10.3 Å². The Hall–Kier alpha value is -0.830. The highest BCUT2D eigenvalue weighted by molar-refractivity contribution is 7.16. The van der Waals surface area contributed by atoms with E-state index >= 15 is 0 Å². The second-order valence-electron chi connectivity index (χ2n) is 4.21. The number of nitriles is 1. The van der Waals surface area contributed by atoms with Crippen LogP contribution in [-0.4, -0.2) is 22.2 Å². The highest BCUT2D eigenvalue weighted by Gasteiger charge is 2.22. The van der Waals surface area contributed by atoms with Gasteiger partial charge in [-0.05, 0) is 12.8 Å². The highest BCUT2D eigenvalue weighted by Crippen LogP contribution is 2.28. The van der Waals surface area contributed by atoms with Gasteiger partial charge in [-0.3, -0.25) is 0 Å². The van der Waals surface area contributed by atoms with Crippen molar-refractivity contribution < 1.29 is 5.11 Å². The summed E-state index contributed by atoms with van der Waals surface area (Å²) in [7, 11) is 0. The Bertz CT molecular complexity index is 429. The molecule has 0 bridgehead atoms. The summed E-state index contributed by atoms with van der Waals surface area (Å²) in [6.45, 7) is 0. The van der Waals surface area contributed by atoms with Gasteiger partial charge in [0.25, 0.3) is 0 Å². The molecule has 2 unspecified atom stereocenters. The molecule has 92 valence electrons. The summed E-state index contributed by atoms with van der Waals surface area (Å²) >= 11 is 7.04. The second kappa shape index (κ2) is 5.67. The summed E-state index contributed by atoms with van der Waals surface area (Å²) < 4.78 is 0. The number of aromatic nitrogens is 1. The number of thiazole rings is 1. The molecular weight excluding hydrogens is 258 g/mol. The van der Waals surface area contributed by atoms with Crippen LogP contribution in [0.4, 0.5) is 5.13 Å². The number of nitrogens with zero attached hydrogens (tertiary/aromatic N) is 2. The highest BCUT2D eigenvalue weighted by atomic mass is 35.5. The molecule has 0 saturated heterocycles. The number of anilines is 1. The Morgan fingerprint density at radius 3 is 2.88 bits per heavy atom. The van der Waals surface area contributed by atoms with E-state index in [9.17, 15) is 5.11 Å². The predicted octanol–water partition coefficient (Wildman–Crippen LogP) is 2.77. The minimum atomic E-state index is -0.342. The fraction of sp³-hybridized carbons (Fsp3) is 0.636. The van der Waals surface area contributed by atoms with E-state index in [1.165, 1.54) is 11.3 Å². The van der Waals surface area contributed by atoms with Crippen LogP contribution in [-0.2, 0) is 0 Å². The molecule has 1 heterocycles. The van der Waals surface area contributed by atoms with E-state index in [4.69, 9.17) is 16.9 Å². The van der Waals surface area contributed by atoms with Gasteiger partial charge in [0.05, 0.1) is 12.1 Å². The Balaban J connectivity index is 2.06. The number of halogens is 1. The van der Waals surface area contributed by atoms with Crippen molar-refractivity contribution in [1.29, 1.82) is 5.26 Å². The number of hydrogen-bond donors (Lipinski definition) is 2. The van der Waals surface area contributed by atoms with Crippen LogP contribution in [0.5, 0.6) is 0 Å². The Kier molecular flexibility index (Phi) is 4.21. The van der Waals surface area contributed by atoms with Crippen LogP contribution in [0.25, 0.3) is 0 Å². The lowest BCUT2D eigenvalue weighted by atomic mass is 10.1. The maximum absolute atomic E-state index is 9.96.